The Morgan fingerprint density at radius 2 is 1.80 bits per heavy atom. The van der Waals surface area contributed by atoms with Crippen molar-refractivity contribution in [3.05, 3.63) is 35.9 Å². The minimum atomic E-state index is -0.0572. The average Bonchev–Trinajstić information content (AvgIpc) is 2.48. The number of rotatable bonds is 6. The molecule has 0 aliphatic carbocycles. The molecule has 2 N–H and O–H groups in total. The molecular weight excluding hydrogens is 316 g/mol. The van der Waals surface area contributed by atoms with E-state index in [-0.39, 0.29) is 29.8 Å². The van der Waals surface area contributed by atoms with Gasteiger partial charge in [0.2, 0.25) is 5.91 Å². The van der Waals surface area contributed by atoms with E-state index in [1.807, 2.05) is 30.3 Å². The normalized spacial score (nSPS) is 19.7. The second-order valence-corrected chi connectivity index (χ2v) is 7.96. The van der Waals surface area contributed by atoms with Gasteiger partial charge in [-0.3, -0.25) is 4.79 Å². The summed E-state index contributed by atoms with van der Waals surface area (Å²) in [6.45, 7) is 8.93. The molecule has 1 heterocycles. The van der Waals surface area contributed by atoms with Crippen LogP contribution in [0.3, 0.4) is 0 Å². The van der Waals surface area contributed by atoms with E-state index >= 15 is 0 Å². The summed E-state index contributed by atoms with van der Waals surface area (Å²) >= 11 is 0. The topological polar surface area (TPSA) is 59.6 Å². The molecule has 1 aliphatic rings. The van der Waals surface area contributed by atoms with E-state index in [4.69, 9.17) is 9.47 Å². The fraction of sp³-hybridized carbons (Fsp3) is 0.550. The first-order valence-corrected chi connectivity index (χ1v) is 8.69. The van der Waals surface area contributed by atoms with Crippen molar-refractivity contribution >= 4 is 12.0 Å². The zero-order chi connectivity index (χ0) is 18.5. The summed E-state index contributed by atoms with van der Waals surface area (Å²) in [4.78, 5) is 12.3. The minimum Gasteiger partial charge on any atom is -0.468 e. The molecule has 5 heteroatoms. The van der Waals surface area contributed by atoms with E-state index in [9.17, 15) is 4.79 Å². The summed E-state index contributed by atoms with van der Waals surface area (Å²) in [5.41, 5.74) is 0.981. The quantitative estimate of drug-likeness (QED) is 0.614. The van der Waals surface area contributed by atoms with E-state index in [1.54, 1.807) is 13.2 Å². The predicted octanol–water partition coefficient (Wildman–Crippen LogP) is 3.11. The molecule has 0 spiro atoms. The molecule has 1 aromatic rings. The lowest BCUT2D eigenvalue weighted by atomic mass is 9.79. The Kier molecular flexibility index (Phi) is 6.25. The molecule has 0 unspecified atom stereocenters. The molecule has 0 atom stereocenters. The van der Waals surface area contributed by atoms with Crippen LogP contribution in [0.1, 0.15) is 46.1 Å². The van der Waals surface area contributed by atoms with Crippen LogP contribution in [-0.4, -0.2) is 36.9 Å². The number of carbonyl (C=O) groups excluding carboxylic acids is 1. The van der Waals surface area contributed by atoms with Gasteiger partial charge in [0, 0.05) is 30.3 Å². The van der Waals surface area contributed by atoms with Crippen LogP contribution in [0.2, 0.25) is 0 Å². The number of amides is 1. The van der Waals surface area contributed by atoms with E-state index < -0.39 is 0 Å². The smallest absolute Gasteiger partial charge is 0.244 e. The van der Waals surface area contributed by atoms with Crippen molar-refractivity contribution in [2.45, 2.75) is 57.7 Å². The first kappa shape index (κ1) is 19.5. The number of hydrogen-bond donors (Lipinski definition) is 2. The van der Waals surface area contributed by atoms with Crippen LogP contribution in [0.15, 0.2) is 30.3 Å². The number of piperidine rings is 1. The molecule has 2 rings (SSSR count). The Bertz CT molecular complexity index is 590. The van der Waals surface area contributed by atoms with Crippen LogP contribution in [-0.2, 0) is 9.53 Å². The Morgan fingerprint density at radius 3 is 2.36 bits per heavy atom. The molecule has 1 aromatic carbocycles. The van der Waals surface area contributed by atoms with Gasteiger partial charge in [0.25, 0.3) is 0 Å². The molecule has 0 aromatic heterocycles. The molecule has 1 aliphatic heterocycles. The van der Waals surface area contributed by atoms with E-state index in [0.717, 1.165) is 24.2 Å². The van der Waals surface area contributed by atoms with Gasteiger partial charge in [-0.1, -0.05) is 12.1 Å². The van der Waals surface area contributed by atoms with Crippen molar-refractivity contribution in [2.75, 3.05) is 13.9 Å². The van der Waals surface area contributed by atoms with Crippen LogP contribution in [0.25, 0.3) is 6.08 Å². The lowest BCUT2D eigenvalue weighted by Gasteiger charge is -2.46. The van der Waals surface area contributed by atoms with Crippen molar-refractivity contribution < 1.29 is 14.3 Å². The molecule has 1 saturated heterocycles. The molecule has 138 valence electrons. The fourth-order valence-corrected chi connectivity index (χ4v) is 3.65. The average molecular weight is 346 g/mol. The zero-order valence-electron chi connectivity index (χ0n) is 15.9. The number of benzene rings is 1. The second-order valence-electron chi connectivity index (χ2n) is 7.96. The highest BCUT2D eigenvalue weighted by Gasteiger charge is 2.37. The van der Waals surface area contributed by atoms with Crippen LogP contribution < -0.4 is 15.4 Å². The monoisotopic (exact) mass is 346 g/mol. The summed E-state index contributed by atoms with van der Waals surface area (Å²) in [6, 6.07) is 7.70. The van der Waals surface area contributed by atoms with Gasteiger partial charge in [0.15, 0.2) is 6.79 Å². The molecule has 1 fully saturated rings. The van der Waals surface area contributed by atoms with E-state index in [2.05, 4.69) is 38.3 Å². The van der Waals surface area contributed by atoms with Crippen molar-refractivity contribution in [3.63, 3.8) is 0 Å². The van der Waals surface area contributed by atoms with Crippen molar-refractivity contribution in [1.82, 2.24) is 10.6 Å². The molecule has 0 radical (unpaired) electrons. The largest absolute Gasteiger partial charge is 0.468 e. The standard InChI is InChI=1S/C20H30N2O3/c1-19(2)12-16(13-20(3,4)22-19)21-18(23)11-8-15-6-9-17(10-7-15)25-14-24-5/h6-11,16,22H,12-14H2,1-5H3,(H,21,23)/b11-8+. The van der Waals surface area contributed by atoms with Gasteiger partial charge < -0.3 is 20.1 Å². The van der Waals surface area contributed by atoms with Gasteiger partial charge in [-0.25, -0.2) is 0 Å². The summed E-state index contributed by atoms with van der Waals surface area (Å²) in [7, 11) is 1.58. The fourth-order valence-electron chi connectivity index (χ4n) is 3.65. The Hall–Kier alpha value is -1.85. The molecule has 1 amide bonds. The lowest BCUT2D eigenvalue weighted by molar-refractivity contribution is -0.117. The third kappa shape index (κ3) is 6.52. The number of ether oxygens (including phenoxy) is 2. The first-order valence-electron chi connectivity index (χ1n) is 8.69. The number of methoxy groups -OCH3 is 1. The highest BCUT2D eigenvalue weighted by atomic mass is 16.7. The zero-order valence-corrected chi connectivity index (χ0v) is 15.9. The summed E-state index contributed by atoms with van der Waals surface area (Å²) in [5, 5.41) is 6.76. The number of hydrogen-bond acceptors (Lipinski definition) is 4. The molecular formula is C20H30N2O3. The van der Waals surface area contributed by atoms with E-state index in [0.29, 0.717) is 0 Å². The van der Waals surface area contributed by atoms with Crippen molar-refractivity contribution in [1.29, 1.82) is 0 Å². The Morgan fingerprint density at radius 1 is 1.20 bits per heavy atom. The van der Waals surface area contributed by atoms with Gasteiger partial charge in [-0.2, -0.15) is 0 Å². The van der Waals surface area contributed by atoms with E-state index in [1.165, 1.54) is 0 Å². The van der Waals surface area contributed by atoms with Crippen molar-refractivity contribution in [3.8, 4) is 5.75 Å². The maximum atomic E-state index is 12.3. The highest BCUT2D eigenvalue weighted by molar-refractivity contribution is 5.91. The van der Waals surface area contributed by atoms with Gasteiger partial charge in [0.1, 0.15) is 5.75 Å². The van der Waals surface area contributed by atoms with Crippen LogP contribution in [0, 0.1) is 0 Å². The van der Waals surface area contributed by atoms with Crippen LogP contribution in [0.5, 0.6) is 5.75 Å². The summed E-state index contributed by atoms with van der Waals surface area (Å²) in [6.07, 6.45) is 5.24. The van der Waals surface area contributed by atoms with Crippen LogP contribution >= 0.6 is 0 Å². The third-order valence-electron chi connectivity index (χ3n) is 4.19. The third-order valence-corrected chi connectivity index (χ3v) is 4.19. The van der Waals surface area contributed by atoms with Gasteiger partial charge in [-0.15, -0.1) is 0 Å². The van der Waals surface area contributed by atoms with Gasteiger partial charge >= 0.3 is 0 Å². The highest BCUT2D eigenvalue weighted by Crippen LogP contribution is 2.28. The summed E-state index contributed by atoms with van der Waals surface area (Å²) < 4.78 is 10.2. The second kappa shape index (κ2) is 8.02. The number of nitrogens with one attached hydrogen (secondary N) is 2. The predicted molar refractivity (Wildman–Crippen MR) is 100 cm³/mol. The Labute approximate surface area is 150 Å². The maximum absolute atomic E-state index is 12.3. The minimum absolute atomic E-state index is 0.0153. The molecule has 25 heavy (non-hydrogen) atoms. The maximum Gasteiger partial charge on any atom is 0.244 e. The SMILES string of the molecule is COCOc1ccc(/C=C/C(=O)NC2CC(C)(C)NC(C)(C)C2)cc1. The summed E-state index contributed by atoms with van der Waals surface area (Å²) in [5.74, 6) is 0.681. The molecule has 5 nitrogen and oxygen atoms in total. The van der Waals surface area contributed by atoms with Gasteiger partial charge in [0.05, 0.1) is 0 Å². The van der Waals surface area contributed by atoms with Crippen LogP contribution in [0.4, 0.5) is 0 Å². The van der Waals surface area contributed by atoms with Gasteiger partial charge in [-0.05, 0) is 64.3 Å². The molecule has 0 bridgehead atoms. The Balaban J connectivity index is 1.90. The molecule has 0 saturated carbocycles. The lowest BCUT2D eigenvalue weighted by Crippen LogP contribution is -2.62. The first-order chi connectivity index (χ1) is 11.7. The number of carbonyl (C=O) groups is 1. The van der Waals surface area contributed by atoms with Crippen molar-refractivity contribution in [2.24, 2.45) is 0 Å².